The predicted octanol–water partition coefficient (Wildman–Crippen LogP) is 1.54. The first kappa shape index (κ1) is 14.5. The molecule has 96 valence electrons. The second-order valence-corrected chi connectivity index (χ2v) is 3.57. The summed E-state index contributed by atoms with van der Waals surface area (Å²) in [6.07, 6.45) is 5.63. The largest absolute Gasteiger partial charge is 0.370 e. The highest BCUT2D eigenvalue weighted by molar-refractivity contribution is 14.0. The maximum Gasteiger partial charge on any atom is 0.189 e. The lowest BCUT2D eigenvalue weighted by molar-refractivity contribution is 0.951. The molecular formula is C12H16IN5. The third kappa shape index (κ3) is 3.73. The van der Waals surface area contributed by atoms with Crippen molar-refractivity contribution in [2.75, 3.05) is 6.54 Å². The summed E-state index contributed by atoms with van der Waals surface area (Å²) in [5, 5.41) is 2.91. The number of aromatic nitrogens is 2. The number of nitrogens with zero attached hydrogens (tertiary/aromatic N) is 3. The first-order valence-corrected chi connectivity index (χ1v) is 5.37. The number of halogens is 1. The lowest BCUT2D eigenvalue weighted by Gasteiger charge is -2.00. The fraction of sp³-hybridized carbons (Fsp3) is 0.167. The molecular weight excluding hydrogens is 341 g/mol. The van der Waals surface area contributed by atoms with E-state index in [0.717, 1.165) is 11.3 Å². The maximum atomic E-state index is 5.66. The van der Waals surface area contributed by atoms with Gasteiger partial charge < -0.3 is 15.5 Å². The number of imidazole rings is 1. The van der Waals surface area contributed by atoms with Crippen LogP contribution in [-0.4, -0.2) is 21.9 Å². The molecule has 2 heterocycles. The van der Waals surface area contributed by atoms with Gasteiger partial charge in [-0.25, -0.2) is 9.98 Å². The van der Waals surface area contributed by atoms with Crippen LogP contribution in [0.25, 0.3) is 5.65 Å². The summed E-state index contributed by atoms with van der Waals surface area (Å²) in [6.45, 7) is 4.67. The molecule has 0 spiro atoms. The topological polar surface area (TPSA) is 67.7 Å². The van der Waals surface area contributed by atoms with Crippen LogP contribution < -0.4 is 11.1 Å². The van der Waals surface area contributed by atoms with Crippen LogP contribution in [-0.2, 0) is 6.54 Å². The summed E-state index contributed by atoms with van der Waals surface area (Å²) in [7, 11) is 0. The highest BCUT2D eigenvalue weighted by Crippen LogP contribution is 2.05. The fourth-order valence-electron chi connectivity index (χ4n) is 1.46. The Bertz CT molecular complexity index is 513. The monoisotopic (exact) mass is 357 g/mol. The van der Waals surface area contributed by atoms with E-state index in [1.807, 2.05) is 35.0 Å². The number of hydrogen-bond acceptors (Lipinski definition) is 2. The molecule has 5 nitrogen and oxygen atoms in total. The Morgan fingerprint density at radius 3 is 3.11 bits per heavy atom. The molecule has 2 aromatic heterocycles. The van der Waals surface area contributed by atoms with Crippen molar-refractivity contribution in [2.24, 2.45) is 10.7 Å². The molecule has 2 aromatic rings. The number of rotatable bonds is 4. The Morgan fingerprint density at radius 2 is 2.39 bits per heavy atom. The zero-order valence-electron chi connectivity index (χ0n) is 9.91. The summed E-state index contributed by atoms with van der Waals surface area (Å²) in [5.41, 5.74) is 7.46. The van der Waals surface area contributed by atoms with E-state index < -0.39 is 0 Å². The molecule has 0 aliphatic heterocycles. The molecule has 0 radical (unpaired) electrons. The smallest absolute Gasteiger partial charge is 0.189 e. The Labute approximate surface area is 123 Å². The minimum Gasteiger partial charge on any atom is -0.370 e. The Morgan fingerprint density at radius 1 is 1.56 bits per heavy atom. The molecule has 0 aromatic carbocycles. The molecule has 0 atom stereocenters. The quantitative estimate of drug-likeness (QED) is 0.378. The summed E-state index contributed by atoms with van der Waals surface area (Å²) in [5.74, 6) is 0.405. The number of pyridine rings is 1. The SMILES string of the molecule is C=CCNC(N)=NCc1cn2ccccc2n1.I. The summed E-state index contributed by atoms with van der Waals surface area (Å²) < 4.78 is 1.96. The Balaban J connectivity index is 0.00000162. The van der Waals surface area contributed by atoms with Crippen molar-refractivity contribution in [3.63, 3.8) is 0 Å². The predicted molar refractivity (Wildman–Crippen MR) is 84.1 cm³/mol. The Hall–Kier alpha value is -1.57. The molecule has 0 amide bonds. The fourth-order valence-corrected chi connectivity index (χ4v) is 1.46. The van der Waals surface area contributed by atoms with E-state index in [0.29, 0.717) is 19.0 Å². The second-order valence-electron chi connectivity index (χ2n) is 3.57. The van der Waals surface area contributed by atoms with Crippen molar-refractivity contribution in [1.82, 2.24) is 14.7 Å². The molecule has 0 unspecified atom stereocenters. The number of guanidine groups is 1. The van der Waals surface area contributed by atoms with E-state index in [1.165, 1.54) is 0 Å². The lowest BCUT2D eigenvalue weighted by atomic mass is 10.5. The summed E-state index contributed by atoms with van der Waals surface area (Å²) >= 11 is 0. The van der Waals surface area contributed by atoms with Gasteiger partial charge in [-0.15, -0.1) is 30.6 Å². The second kappa shape index (κ2) is 7.00. The molecule has 3 N–H and O–H groups in total. The van der Waals surface area contributed by atoms with Crippen LogP contribution in [0.2, 0.25) is 0 Å². The lowest BCUT2D eigenvalue weighted by Crippen LogP contribution is -2.31. The van der Waals surface area contributed by atoms with Crippen LogP contribution in [0.5, 0.6) is 0 Å². The number of hydrogen-bond donors (Lipinski definition) is 2. The first-order chi connectivity index (χ1) is 8.29. The zero-order chi connectivity index (χ0) is 12.1. The molecule has 0 bridgehead atoms. The summed E-state index contributed by atoms with van der Waals surface area (Å²) in [6, 6.07) is 5.86. The minimum absolute atomic E-state index is 0. The van der Waals surface area contributed by atoms with Gasteiger partial charge in [-0.1, -0.05) is 12.1 Å². The van der Waals surface area contributed by atoms with E-state index in [4.69, 9.17) is 5.73 Å². The molecule has 0 aliphatic carbocycles. The third-order valence-electron chi connectivity index (χ3n) is 2.25. The number of fused-ring (bicyclic) bond motifs is 1. The number of aliphatic imine (C=N–C) groups is 1. The molecule has 0 saturated heterocycles. The van der Waals surface area contributed by atoms with Crippen molar-refractivity contribution in [2.45, 2.75) is 6.54 Å². The van der Waals surface area contributed by atoms with E-state index in [2.05, 4.69) is 21.9 Å². The van der Waals surface area contributed by atoms with Crippen molar-refractivity contribution in [3.8, 4) is 0 Å². The van der Waals surface area contributed by atoms with Crippen molar-refractivity contribution in [1.29, 1.82) is 0 Å². The number of nitrogens with one attached hydrogen (secondary N) is 1. The molecule has 0 fully saturated rings. The normalized spacial score (nSPS) is 11.0. The van der Waals surface area contributed by atoms with E-state index in [-0.39, 0.29) is 24.0 Å². The highest BCUT2D eigenvalue weighted by Gasteiger charge is 1.99. The minimum atomic E-state index is 0. The average Bonchev–Trinajstić information content (AvgIpc) is 2.76. The van der Waals surface area contributed by atoms with E-state index in [9.17, 15) is 0 Å². The van der Waals surface area contributed by atoms with Gasteiger partial charge in [-0.05, 0) is 12.1 Å². The van der Waals surface area contributed by atoms with Crippen molar-refractivity contribution < 1.29 is 0 Å². The van der Waals surface area contributed by atoms with Crippen LogP contribution in [0, 0.1) is 0 Å². The highest BCUT2D eigenvalue weighted by atomic mass is 127. The van der Waals surface area contributed by atoms with Gasteiger partial charge in [0.1, 0.15) is 5.65 Å². The van der Waals surface area contributed by atoms with Crippen LogP contribution in [0.1, 0.15) is 5.69 Å². The van der Waals surface area contributed by atoms with Gasteiger partial charge in [0.25, 0.3) is 0 Å². The number of nitrogens with two attached hydrogens (primary N) is 1. The van der Waals surface area contributed by atoms with Crippen molar-refractivity contribution >= 4 is 35.6 Å². The van der Waals surface area contributed by atoms with E-state index in [1.54, 1.807) is 6.08 Å². The molecule has 6 heteroatoms. The van der Waals surface area contributed by atoms with Crippen LogP contribution in [0.3, 0.4) is 0 Å². The molecule has 2 rings (SSSR count). The van der Waals surface area contributed by atoms with Crippen molar-refractivity contribution in [3.05, 3.63) is 48.9 Å². The Kier molecular flexibility index (Phi) is 5.63. The average molecular weight is 357 g/mol. The summed E-state index contributed by atoms with van der Waals surface area (Å²) in [4.78, 5) is 8.60. The standard InChI is InChI=1S/C12H15N5.HI/c1-2-6-14-12(13)15-8-10-9-17-7-4-3-5-11(17)16-10;/h2-5,7,9H,1,6,8H2,(H3,13,14,15);1H. The maximum absolute atomic E-state index is 5.66. The van der Waals surface area contributed by atoms with Gasteiger partial charge in [-0.3, -0.25) is 0 Å². The van der Waals surface area contributed by atoms with Gasteiger partial charge in [0.15, 0.2) is 5.96 Å². The van der Waals surface area contributed by atoms with Gasteiger partial charge in [0, 0.05) is 18.9 Å². The van der Waals surface area contributed by atoms with Gasteiger partial charge >= 0.3 is 0 Å². The third-order valence-corrected chi connectivity index (χ3v) is 2.25. The van der Waals surface area contributed by atoms with Crippen LogP contribution >= 0.6 is 24.0 Å². The van der Waals surface area contributed by atoms with E-state index >= 15 is 0 Å². The van der Waals surface area contributed by atoms with Crippen LogP contribution in [0.4, 0.5) is 0 Å². The van der Waals surface area contributed by atoms with Crippen LogP contribution in [0.15, 0.2) is 48.2 Å². The molecule has 0 saturated carbocycles. The molecule has 18 heavy (non-hydrogen) atoms. The van der Waals surface area contributed by atoms with Gasteiger partial charge in [0.2, 0.25) is 0 Å². The zero-order valence-corrected chi connectivity index (χ0v) is 12.2. The molecule has 0 aliphatic rings. The first-order valence-electron chi connectivity index (χ1n) is 5.37. The van der Waals surface area contributed by atoms with Gasteiger partial charge in [-0.2, -0.15) is 0 Å². The van der Waals surface area contributed by atoms with Gasteiger partial charge in [0.05, 0.1) is 12.2 Å².